The van der Waals surface area contributed by atoms with Crippen LogP contribution in [0.25, 0.3) is 0 Å². The minimum atomic E-state index is -0.644. The van der Waals surface area contributed by atoms with Gasteiger partial charge in [0.05, 0.1) is 5.69 Å². The SMILES string of the molecule is CCCC1CCN(c2ccc(NC(=O)OC(C)(C)C)c(F)c2)CC1. The first-order valence-electron chi connectivity index (χ1n) is 8.83. The molecule has 5 heteroatoms. The first-order valence-corrected chi connectivity index (χ1v) is 8.83. The zero-order valence-corrected chi connectivity index (χ0v) is 15.2. The molecule has 1 aliphatic heterocycles. The van der Waals surface area contributed by atoms with Gasteiger partial charge in [-0.25, -0.2) is 9.18 Å². The van der Waals surface area contributed by atoms with E-state index in [9.17, 15) is 9.18 Å². The van der Waals surface area contributed by atoms with Gasteiger partial charge in [0.2, 0.25) is 0 Å². The van der Waals surface area contributed by atoms with E-state index in [1.54, 1.807) is 26.8 Å². The summed E-state index contributed by atoms with van der Waals surface area (Å²) in [4.78, 5) is 14.0. The Bertz CT molecular complexity index is 561. The molecule has 4 nitrogen and oxygen atoms in total. The van der Waals surface area contributed by atoms with Crippen molar-refractivity contribution < 1.29 is 13.9 Å². The number of carbonyl (C=O) groups excluding carboxylic acids is 1. The van der Waals surface area contributed by atoms with Crippen LogP contribution in [0.15, 0.2) is 18.2 Å². The second-order valence-electron chi connectivity index (χ2n) is 7.51. The highest BCUT2D eigenvalue weighted by molar-refractivity contribution is 5.85. The summed E-state index contributed by atoms with van der Waals surface area (Å²) in [5.74, 6) is 0.359. The van der Waals surface area contributed by atoms with Crippen molar-refractivity contribution >= 4 is 17.5 Å². The lowest BCUT2D eigenvalue weighted by Crippen LogP contribution is -2.33. The van der Waals surface area contributed by atoms with Crippen LogP contribution in [0, 0.1) is 11.7 Å². The first kappa shape index (κ1) is 18.6. The molecule has 1 amide bonds. The molecule has 1 aromatic carbocycles. The quantitative estimate of drug-likeness (QED) is 0.823. The Hall–Kier alpha value is -1.78. The molecule has 1 fully saturated rings. The first-order chi connectivity index (χ1) is 11.3. The topological polar surface area (TPSA) is 41.6 Å². The number of nitrogens with one attached hydrogen (secondary N) is 1. The van der Waals surface area contributed by atoms with Crippen molar-refractivity contribution in [3.8, 4) is 0 Å². The van der Waals surface area contributed by atoms with E-state index in [0.717, 1.165) is 37.5 Å². The molecular formula is C19H29FN2O2. The number of piperidine rings is 1. The summed E-state index contributed by atoms with van der Waals surface area (Å²) in [5.41, 5.74) is 0.412. The maximum absolute atomic E-state index is 14.3. The van der Waals surface area contributed by atoms with Crippen LogP contribution >= 0.6 is 0 Å². The van der Waals surface area contributed by atoms with Gasteiger partial charge in [0.1, 0.15) is 11.4 Å². The third-order valence-corrected chi connectivity index (χ3v) is 4.26. The highest BCUT2D eigenvalue weighted by Crippen LogP contribution is 2.28. The van der Waals surface area contributed by atoms with Gasteiger partial charge >= 0.3 is 6.09 Å². The zero-order valence-electron chi connectivity index (χ0n) is 15.2. The molecule has 1 N–H and O–H groups in total. The number of hydrogen-bond donors (Lipinski definition) is 1. The van der Waals surface area contributed by atoms with Crippen LogP contribution in [0.2, 0.25) is 0 Å². The minimum Gasteiger partial charge on any atom is -0.444 e. The average Bonchev–Trinajstić information content (AvgIpc) is 2.48. The third-order valence-electron chi connectivity index (χ3n) is 4.26. The molecule has 2 rings (SSSR count). The van der Waals surface area contributed by atoms with E-state index in [4.69, 9.17) is 4.74 Å². The van der Waals surface area contributed by atoms with Gasteiger partial charge in [0.25, 0.3) is 0 Å². The van der Waals surface area contributed by atoms with Crippen molar-refractivity contribution in [3.05, 3.63) is 24.0 Å². The number of carbonyl (C=O) groups is 1. The van der Waals surface area contributed by atoms with E-state index >= 15 is 0 Å². The van der Waals surface area contributed by atoms with Crippen molar-refractivity contribution in [1.82, 2.24) is 0 Å². The van der Waals surface area contributed by atoms with Crippen LogP contribution in [0.1, 0.15) is 53.4 Å². The highest BCUT2D eigenvalue weighted by Gasteiger charge is 2.21. The summed E-state index contributed by atoms with van der Waals surface area (Å²) in [6.45, 7) is 9.46. The summed E-state index contributed by atoms with van der Waals surface area (Å²) >= 11 is 0. The molecule has 0 saturated carbocycles. The fourth-order valence-corrected chi connectivity index (χ4v) is 3.10. The highest BCUT2D eigenvalue weighted by atomic mass is 19.1. The van der Waals surface area contributed by atoms with Crippen LogP contribution in [-0.2, 0) is 4.74 Å². The smallest absolute Gasteiger partial charge is 0.412 e. The molecule has 1 aromatic rings. The Kier molecular flexibility index (Phi) is 6.08. The van der Waals surface area contributed by atoms with E-state index in [1.165, 1.54) is 18.9 Å². The van der Waals surface area contributed by atoms with E-state index in [1.807, 2.05) is 6.07 Å². The zero-order chi connectivity index (χ0) is 17.7. The Morgan fingerprint density at radius 3 is 2.54 bits per heavy atom. The Morgan fingerprint density at radius 2 is 2.00 bits per heavy atom. The minimum absolute atomic E-state index is 0.147. The largest absolute Gasteiger partial charge is 0.444 e. The van der Waals surface area contributed by atoms with Crippen molar-refractivity contribution in [2.75, 3.05) is 23.3 Å². The average molecular weight is 336 g/mol. The second kappa shape index (κ2) is 7.86. The van der Waals surface area contributed by atoms with Gasteiger partial charge in [0.15, 0.2) is 0 Å². The number of amides is 1. The number of rotatable bonds is 4. The molecule has 0 bridgehead atoms. The van der Waals surface area contributed by atoms with Crippen molar-refractivity contribution in [3.63, 3.8) is 0 Å². The molecule has 1 heterocycles. The molecule has 0 radical (unpaired) electrons. The number of benzene rings is 1. The fraction of sp³-hybridized carbons (Fsp3) is 0.632. The third kappa shape index (κ3) is 5.39. The Morgan fingerprint density at radius 1 is 1.33 bits per heavy atom. The van der Waals surface area contributed by atoms with E-state index in [-0.39, 0.29) is 5.69 Å². The molecule has 0 aromatic heterocycles. The van der Waals surface area contributed by atoms with Gasteiger partial charge in [-0.2, -0.15) is 0 Å². The van der Waals surface area contributed by atoms with E-state index < -0.39 is 17.5 Å². The van der Waals surface area contributed by atoms with Gasteiger partial charge in [0, 0.05) is 18.8 Å². The monoisotopic (exact) mass is 336 g/mol. The van der Waals surface area contributed by atoms with E-state index in [0.29, 0.717) is 0 Å². The molecule has 24 heavy (non-hydrogen) atoms. The maximum atomic E-state index is 14.3. The molecular weight excluding hydrogens is 307 g/mol. The molecule has 1 aliphatic rings. The Labute approximate surface area is 144 Å². The molecule has 134 valence electrons. The molecule has 0 unspecified atom stereocenters. The number of hydrogen-bond acceptors (Lipinski definition) is 3. The van der Waals surface area contributed by atoms with Crippen LogP contribution < -0.4 is 10.2 Å². The maximum Gasteiger partial charge on any atom is 0.412 e. The number of halogens is 1. The van der Waals surface area contributed by atoms with Crippen molar-refractivity contribution in [2.24, 2.45) is 5.92 Å². The van der Waals surface area contributed by atoms with Gasteiger partial charge in [-0.05, 0) is 57.7 Å². The van der Waals surface area contributed by atoms with Gasteiger partial charge < -0.3 is 9.64 Å². The van der Waals surface area contributed by atoms with Crippen LogP contribution in [0.5, 0.6) is 0 Å². The molecule has 0 atom stereocenters. The molecule has 0 spiro atoms. The standard InChI is InChI=1S/C19H29FN2O2/c1-5-6-14-9-11-22(12-10-14)15-7-8-17(16(20)13-15)21-18(23)24-19(2,3)4/h7-8,13-14H,5-6,9-12H2,1-4H3,(H,21,23). The summed E-state index contributed by atoms with van der Waals surface area (Å²) in [7, 11) is 0. The van der Waals surface area contributed by atoms with Crippen LogP contribution in [0.3, 0.4) is 0 Å². The second-order valence-corrected chi connectivity index (χ2v) is 7.51. The number of ether oxygens (including phenoxy) is 1. The van der Waals surface area contributed by atoms with Crippen LogP contribution in [-0.4, -0.2) is 24.8 Å². The number of anilines is 2. The van der Waals surface area contributed by atoms with Crippen LogP contribution in [0.4, 0.5) is 20.6 Å². The fourth-order valence-electron chi connectivity index (χ4n) is 3.10. The van der Waals surface area contributed by atoms with Gasteiger partial charge in [-0.1, -0.05) is 19.8 Å². The van der Waals surface area contributed by atoms with Gasteiger partial charge in [-0.15, -0.1) is 0 Å². The van der Waals surface area contributed by atoms with E-state index in [2.05, 4.69) is 17.1 Å². The predicted octanol–water partition coefficient (Wildman–Crippen LogP) is 5.19. The lowest BCUT2D eigenvalue weighted by molar-refractivity contribution is 0.0635. The number of nitrogens with zero attached hydrogens (tertiary/aromatic N) is 1. The summed E-state index contributed by atoms with van der Waals surface area (Å²) in [6, 6.07) is 4.95. The summed E-state index contributed by atoms with van der Waals surface area (Å²) < 4.78 is 19.4. The summed E-state index contributed by atoms with van der Waals surface area (Å²) in [6.07, 6.45) is 4.18. The Balaban J connectivity index is 1.96. The molecule has 0 aliphatic carbocycles. The lowest BCUT2D eigenvalue weighted by Gasteiger charge is -2.33. The lowest BCUT2D eigenvalue weighted by atomic mass is 9.92. The molecule has 1 saturated heterocycles. The van der Waals surface area contributed by atoms with Crippen molar-refractivity contribution in [1.29, 1.82) is 0 Å². The van der Waals surface area contributed by atoms with Gasteiger partial charge in [-0.3, -0.25) is 5.32 Å². The normalized spacial score (nSPS) is 16.1. The predicted molar refractivity (Wildman–Crippen MR) is 96.1 cm³/mol. The summed E-state index contributed by atoms with van der Waals surface area (Å²) in [5, 5.41) is 2.47. The van der Waals surface area contributed by atoms with Crippen molar-refractivity contribution in [2.45, 2.75) is 59.0 Å².